The van der Waals surface area contributed by atoms with Crippen LogP contribution >= 0.6 is 0 Å². The molecule has 0 amide bonds. The SMILES string of the molecule is CCCC(C)(CNC1CC1)CN1CC(C)CC1C. The highest BCUT2D eigenvalue weighted by Gasteiger charge is 2.34. The number of likely N-dealkylation sites (tertiary alicyclic amines) is 1. The zero-order chi connectivity index (χ0) is 13.2. The van der Waals surface area contributed by atoms with Crippen LogP contribution in [0.15, 0.2) is 0 Å². The molecule has 0 aromatic heterocycles. The second-order valence-electron chi connectivity index (χ2n) is 7.34. The van der Waals surface area contributed by atoms with Crippen LogP contribution in [0.5, 0.6) is 0 Å². The van der Waals surface area contributed by atoms with E-state index < -0.39 is 0 Å². The van der Waals surface area contributed by atoms with Gasteiger partial charge in [0.1, 0.15) is 0 Å². The summed E-state index contributed by atoms with van der Waals surface area (Å²) in [4.78, 5) is 2.73. The monoisotopic (exact) mass is 252 g/mol. The Bertz CT molecular complexity index is 262. The summed E-state index contributed by atoms with van der Waals surface area (Å²) in [6, 6.07) is 1.63. The molecule has 1 saturated carbocycles. The highest BCUT2D eigenvalue weighted by atomic mass is 15.2. The van der Waals surface area contributed by atoms with E-state index in [0.717, 1.165) is 18.0 Å². The normalized spacial score (nSPS) is 32.7. The average molecular weight is 252 g/mol. The summed E-state index contributed by atoms with van der Waals surface area (Å²) in [5.74, 6) is 0.891. The van der Waals surface area contributed by atoms with Gasteiger partial charge in [0, 0.05) is 31.7 Å². The first-order chi connectivity index (χ1) is 8.52. The lowest BCUT2D eigenvalue weighted by Crippen LogP contribution is -2.44. The number of nitrogens with one attached hydrogen (secondary N) is 1. The van der Waals surface area contributed by atoms with Gasteiger partial charge < -0.3 is 5.32 Å². The summed E-state index contributed by atoms with van der Waals surface area (Å²) in [5, 5.41) is 3.76. The standard InChI is InChI=1S/C16H32N2/c1-5-8-16(4,11-17-15-6-7-15)12-18-10-13(2)9-14(18)3/h13-15,17H,5-12H2,1-4H3. The smallest absolute Gasteiger partial charge is 0.00702 e. The van der Waals surface area contributed by atoms with Crippen molar-refractivity contribution in [2.75, 3.05) is 19.6 Å². The minimum absolute atomic E-state index is 0.468. The van der Waals surface area contributed by atoms with Crippen molar-refractivity contribution in [1.29, 1.82) is 0 Å². The van der Waals surface area contributed by atoms with Crippen molar-refractivity contribution in [2.45, 2.75) is 71.9 Å². The zero-order valence-electron chi connectivity index (χ0n) is 12.8. The average Bonchev–Trinajstić information content (AvgIpc) is 3.05. The van der Waals surface area contributed by atoms with Crippen molar-refractivity contribution >= 4 is 0 Å². The Morgan fingerprint density at radius 3 is 2.50 bits per heavy atom. The third-order valence-electron chi connectivity index (χ3n) is 4.75. The largest absolute Gasteiger partial charge is 0.313 e. The molecule has 2 nitrogen and oxygen atoms in total. The third kappa shape index (κ3) is 3.96. The maximum Gasteiger partial charge on any atom is 0.00702 e. The van der Waals surface area contributed by atoms with Crippen LogP contribution in [0.3, 0.4) is 0 Å². The van der Waals surface area contributed by atoms with E-state index in [1.54, 1.807) is 0 Å². The minimum atomic E-state index is 0.468. The predicted molar refractivity (Wildman–Crippen MR) is 78.9 cm³/mol. The molecule has 0 aromatic rings. The number of hydrogen-bond acceptors (Lipinski definition) is 2. The number of hydrogen-bond donors (Lipinski definition) is 1. The molecular formula is C16H32N2. The first-order valence-corrected chi connectivity index (χ1v) is 8.00. The Morgan fingerprint density at radius 1 is 1.28 bits per heavy atom. The van der Waals surface area contributed by atoms with E-state index in [9.17, 15) is 0 Å². The van der Waals surface area contributed by atoms with Gasteiger partial charge >= 0.3 is 0 Å². The molecule has 2 rings (SSSR count). The van der Waals surface area contributed by atoms with Gasteiger partial charge in [-0.3, -0.25) is 4.90 Å². The van der Waals surface area contributed by atoms with Crippen molar-refractivity contribution in [1.82, 2.24) is 10.2 Å². The van der Waals surface area contributed by atoms with Gasteiger partial charge in [-0.15, -0.1) is 0 Å². The van der Waals surface area contributed by atoms with Crippen LogP contribution in [-0.4, -0.2) is 36.6 Å². The van der Waals surface area contributed by atoms with Crippen LogP contribution in [0, 0.1) is 11.3 Å². The second-order valence-corrected chi connectivity index (χ2v) is 7.34. The Hall–Kier alpha value is -0.0800. The summed E-state index contributed by atoms with van der Waals surface area (Å²) in [6.07, 6.45) is 6.85. The van der Waals surface area contributed by atoms with Gasteiger partial charge in [0.15, 0.2) is 0 Å². The van der Waals surface area contributed by atoms with Crippen molar-refractivity contribution < 1.29 is 0 Å². The quantitative estimate of drug-likeness (QED) is 0.748. The van der Waals surface area contributed by atoms with E-state index in [0.29, 0.717) is 5.41 Å². The third-order valence-corrected chi connectivity index (χ3v) is 4.75. The van der Waals surface area contributed by atoms with Gasteiger partial charge in [0.2, 0.25) is 0 Å². The van der Waals surface area contributed by atoms with Crippen LogP contribution in [0.2, 0.25) is 0 Å². The molecule has 3 atom stereocenters. The van der Waals surface area contributed by atoms with Gasteiger partial charge in [-0.25, -0.2) is 0 Å². The Morgan fingerprint density at radius 2 is 2.00 bits per heavy atom. The van der Waals surface area contributed by atoms with E-state index >= 15 is 0 Å². The summed E-state index contributed by atoms with van der Waals surface area (Å²) in [5.41, 5.74) is 0.468. The van der Waals surface area contributed by atoms with E-state index in [1.807, 2.05) is 0 Å². The fourth-order valence-corrected chi connectivity index (χ4v) is 3.60. The van der Waals surface area contributed by atoms with E-state index in [-0.39, 0.29) is 0 Å². The molecular weight excluding hydrogens is 220 g/mol. The topological polar surface area (TPSA) is 15.3 Å². The molecule has 1 saturated heterocycles. The van der Waals surface area contributed by atoms with Crippen LogP contribution in [0.25, 0.3) is 0 Å². The summed E-state index contributed by atoms with van der Waals surface area (Å²) in [7, 11) is 0. The van der Waals surface area contributed by atoms with Crippen LogP contribution in [0.1, 0.15) is 59.8 Å². The summed E-state index contributed by atoms with van der Waals surface area (Å²) < 4.78 is 0. The molecule has 3 unspecified atom stereocenters. The van der Waals surface area contributed by atoms with Crippen LogP contribution in [0.4, 0.5) is 0 Å². The van der Waals surface area contributed by atoms with Crippen molar-refractivity contribution in [2.24, 2.45) is 11.3 Å². The van der Waals surface area contributed by atoms with Crippen molar-refractivity contribution in [3.05, 3.63) is 0 Å². The molecule has 1 aliphatic carbocycles. The van der Waals surface area contributed by atoms with E-state index in [2.05, 4.69) is 37.9 Å². The zero-order valence-corrected chi connectivity index (χ0v) is 12.8. The lowest BCUT2D eigenvalue weighted by molar-refractivity contribution is 0.142. The fraction of sp³-hybridized carbons (Fsp3) is 1.00. The van der Waals surface area contributed by atoms with Gasteiger partial charge in [0.25, 0.3) is 0 Å². The first-order valence-electron chi connectivity index (χ1n) is 8.00. The van der Waals surface area contributed by atoms with Crippen molar-refractivity contribution in [3.8, 4) is 0 Å². The molecule has 1 aliphatic heterocycles. The molecule has 106 valence electrons. The van der Waals surface area contributed by atoms with Gasteiger partial charge in [-0.1, -0.05) is 27.2 Å². The maximum absolute atomic E-state index is 3.76. The fourth-order valence-electron chi connectivity index (χ4n) is 3.60. The van der Waals surface area contributed by atoms with Gasteiger partial charge in [-0.2, -0.15) is 0 Å². The predicted octanol–water partition coefficient (Wildman–Crippen LogP) is 3.28. The lowest BCUT2D eigenvalue weighted by atomic mass is 9.84. The molecule has 0 radical (unpaired) electrons. The van der Waals surface area contributed by atoms with Crippen LogP contribution < -0.4 is 5.32 Å². The molecule has 1 N–H and O–H groups in total. The van der Waals surface area contributed by atoms with E-state index in [1.165, 1.54) is 51.7 Å². The highest BCUT2D eigenvalue weighted by Crippen LogP contribution is 2.31. The Balaban J connectivity index is 1.86. The molecule has 2 aliphatic rings. The molecule has 2 fully saturated rings. The highest BCUT2D eigenvalue weighted by molar-refractivity contribution is 4.90. The first kappa shape index (κ1) is 14.3. The lowest BCUT2D eigenvalue weighted by Gasteiger charge is -2.36. The molecule has 0 spiro atoms. The number of nitrogens with zero attached hydrogens (tertiary/aromatic N) is 1. The van der Waals surface area contributed by atoms with Gasteiger partial charge in [-0.05, 0) is 43.9 Å². The Labute approximate surface area is 114 Å². The Kier molecular flexibility index (Phi) is 4.71. The molecule has 2 heteroatoms. The summed E-state index contributed by atoms with van der Waals surface area (Å²) >= 11 is 0. The number of rotatable bonds is 7. The molecule has 1 heterocycles. The van der Waals surface area contributed by atoms with Crippen LogP contribution in [-0.2, 0) is 0 Å². The molecule has 0 aromatic carbocycles. The molecule has 0 bridgehead atoms. The van der Waals surface area contributed by atoms with Gasteiger partial charge in [0.05, 0.1) is 0 Å². The summed E-state index contributed by atoms with van der Waals surface area (Å²) in [6.45, 7) is 13.4. The van der Waals surface area contributed by atoms with Crippen molar-refractivity contribution in [3.63, 3.8) is 0 Å². The maximum atomic E-state index is 3.76. The van der Waals surface area contributed by atoms with E-state index in [4.69, 9.17) is 0 Å². The second kappa shape index (κ2) is 5.92. The molecule has 18 heavy (non-hydrogen) atoms. The minimum Gasteiger partial charge on any atom is -0.313 e.